The summed E-state index contributed by atoms with van der Waals surface area (Å²) in [7, 11) is 0. The van der Waals surface area contributed by atoms with Crippen LogP contribution in [0.4, 0.5) is 0 Å². The van der Waals surface area contributed by atoms with Gasteiger partial charge in [0.1, 0.15) is 6.29 Å². The van der Waals surface area contributed by atoms with E-state index in [0.29, 0.717) is 12.8 Å². The van der Waals surface area contributed by atoms with Crippen LogP contribution in [0.3, 0.4) is 0 Å². The zero-order chi connectivity index (χ0) is 14.9. The number of carbonyl (C=O) groups is 1. The van der Waals surface area contributed by atoms with Crippen LogP contribution < -0.4 is 0 Å². The second kappa shape index (κ2) is 15.6. The Balaban J connectivity index is 3.57. The third-order valence-electron chi connectivity index (χ3n) is 2.74. The number of aliphatic hydroxyl groups excluding tert-OH is 1. The zero-order valence-electron chi connectivity index (χ0n) is 12.6. The molecule has 0 aliphatic heterocycles. The van der Waals surface area contributed by atoms with Gasteiger partial charge in [0.25, 0.3) is 0 Å². The van der Waals surface area contributed by atoms with Gasteiger partial charge in [-0.05, 0) is 38.5 Å². The molecular formula is C18H28O2. The van der Waals surface area contributed by atoms with Crippen LogP contribution in [0.25, 0.3) is 0 Å². The van der Waals surface area contributed by atoms with E-state index in [1.54, 1.807) is 6.08 Å². The van der Waals surface area contributed by atoms with Gasteiger partial charge in [-0.15, -0.1) is 0 Å². The van der Waals surface area contributed by atoms with Gasteiger partial charge in [-0.25, -0.2) is 0 Å². The molecule has 0 aliphatic rings. The van der Waals surface area contributed by atoms with Crippen LogP contribution in [0.1, 0.15) is 51.9 Å². The van der Waals surface area contributed by atoms with Crippen molar-refractivity contribution in [2.24, 2.45) is 0 Å². The summed E-state index contributed by atoms with van der Waals surface area (Å²) in [5.41, 5.74) is 0. The Morgan fingerprint density at radius 1 is 0.950 bits per heavy atom. The van der Waals surface area contributed by atoms with Crippen LogP contribution in [0.15, 0.2) is 48.6 Å². The first kappa shape index (κ1) is 18.6. The summed E-state index contributed by atoms with van der Waals surface area (Å²) in [4.78, 5) is 10.1. The van der Waals surface area contributed by atoms with Crippen molar-refractivity contribution in [3.8, 4) is 0 Å². The van der Waals surface area contributed by atoms with Gasteiger partial charge in [-0.1, -0.05) is 55.5 Å². The second-order valence-electron chi connectivity index (χ2n) is 4.65. The average Bonchev–Trinajstić information content (AvgIpc) is 2.45. The molecule has 0 saturated heterocycles. The lowest BCUT2D eigenvalue weighted by Crippen LogP contribution is -1.98. The van der Waals surface area contributed by atoms with E-state index in [1.165, 1.54) is 0 Å². The molecule has 0 aromatic rings. The largest absolute Gasteiger partial charge is 0.389 e. The smallest absolute Gasteiger partial charge is 0.119 e. The molecule has 0 amide bonds. The van der Waals surface area contributed by atoms with E-state index in [9.17, 15) is 9.90 Å². The maximum Gasteiger partial charge on any atom is 0.119 e. The van der Waals surface area contributed by atoms with E-state index >= 15 is 0 Å². The summed E-state index contributed by atoms with van der Waals surface area (Å²) in [6.07, 6.45) is 23.0. The highest BCUT2D eigenvalue weighted by Crippen LogP contribution is 2.00. The summed E-state index contributed by atoms with van der Waals surface area (Å²) >= 11 is 0. The number of unbranched alkanes of at least 4 members (excludes halogenated alkanes) is 3. The molecule has 0 heterocycles. The number of carbonyl (C=O) groups excluding carboxylic acids is 1. The Hall–Kier alpha value is -1.41. The van der Waals surface area contributed by atoms with Crippen LogP contribution in [0.2, 0.25) is 0 Å². The van der Waals surface area contributed by atoms with Crippen LogP contribution in [0, 0.1) is 0 Å². The maximum atomic E-state index is 10.1. The van der Waals surface area contributed by atoms with Crippen LogP contribution in [-0.2, 0) is 4.79 Å². The molecule has 0 saturated carbocycles. The van der Waals surface area contributed by atoms with Crippen molar-refractivity contribution in [1.29, 1.82) is 0 Å². The lowest BCUT2D eigenvalue weighted by atomic mass is 10.2. The van der Waals surface area contributed by atoms with Gasteiger partial charge in [-0.2, -0.15) is 0 Å². The molecule has 0 aromatic heterocycles. The highest BCUT2D eigenvalue weighted by molar-refractivity contribution is 5.48. The molecule has 0 bridgehead atoms. The minimum Gasteiger partial charge on any atom is -0.389 e. The molecule has 20 heavy (non-hydrogen) atoms. The number of aldehydes is 1. The summed E-state index contributed by atoms with van der Waals surface area (Å²) < 4.78 is 0. The third-order valence-corrected chi connectivity index (χ3v) is 2.74. The highest BCUT2D eigenvalue weighted by Gasteiger charge is 1.92. The molecule has 2 nitrogen and oxygen atoms in total. The van der Waals surface area contributed by atoms with Gasteiger partial charge in [0, 0.05) is 6.42 Å². The maximum absolute atomic E-state index is 10.1. The first-order valence-electron chi connectivity index (χ1n) is 7.56. The van der Waals surface area contributed by atoms with Gasteiger partial charge in [0.05, 0.1) is 6.10 Å². The van der Waals surface area contributed by atoms with E-state index in [0.717, 1.165) is 38.4 Å². The number of hydrogen-bond donors (Lipinski definition) is 1. The predicted octanol–water partition coefficient (Wildman–Crippen LogP) is 4.52. The van der Waals surface area contributed by atoms with E-state index < -0.39 is 6.10 Å². The molecule has 0 aromatic carbocycles. The minimum absolute atomic E-state index is 0.393. The van der Waals surface area contributed by atoms with Gasteiger partial charge in [0.2, 0.25) is 0 Å². The summed E-state index contributed by atoms with van der Waals surface area (Å²) in [5.74, 6) is 0. The predicted molar refractivity (Wildman–Crippen MR) is 86.6 cm³/mol. The molecule has 1 unspecified atom stereocenters. The average molecular weight is 276 g/mol. The lowest BCUT2D eigenvalue weighted by Gasteiger charge is -1.98. The summed E-state index contributed by atoms with van der Waals surface area (Å²) in [6, 6.07) is 0. The topological polar surface area (TPSA) is 37.3 Å². The molecule has 0 rings (SSSR count). The Morgan fingerprint density at radius 3 is 2.50 bits per heavy atom. The van der Waals surface area contributed by atoms with Crippen LogP contribution >= 0.6 is 0 Å². The number of aliphatic hydroxyl groups is 1. The Morgan fingerprint density at radius 2 is 1.75 bits per heavy atom. The van der Waals surface area contributed by atoms with Crippen molar-refractivity contribution in [2.45, 2.75) is 58.0 Å². The third kappa shape index (κ3) is 14.7. The lowest BCUT2D eigenvalue weighted by molar-refractivity contribution is -0.107. The first-order valence-corrected chi connectivity index (χ1v) is 7.56. The van der Waals surface area contributed by atoms with Crippen LogP contribution in [-0.4, -0.2) is 17.5 Å². The molecule has 1 N–H and O–H groups in total. The Labute approximate surface area is 123 Å². The van der Waals surface area contributed by atoms with Crippen LogP contribution in [0.5, 0.6) is 0 Å². The summed E-state index contributed by atoms with van der Waals surface area (Å²) in [5, 5.41) is 9.61. The first-order chi connectivity index (χ1) is 9.81. The van der Waals surface area contributed by atoms with Crippen molar-refractivity contribution in [2.75, 3.05) is 0 Å². The summed E-state index contributed by atoms with van der Waals surface area (Å²) in [6.45, 7) is 2.08. The van der Waals surface area contributed by atoms with Crippen molar-refractivity contribution in [1.82, 2.24) is 0 Å². The van der Waals surface area contributed by atoms with E-state index in [-0.39, 0.29) is 0 Å². The van der Waals surface area contributed by atoms with E-state index in [1.807, 2.05) is 18.2 Å². The molecule has 2 heteroatoms. The van der Waals surface area contributed by atoms with Crippen molar-refractivity contribution < 1.29 is 9.90 Å². The number of allylic oxidation sites excluding steroid dienone is 6. The normalized spacial score (nSPS) is 14.1. The highest BCUT2D eigenvalue weighted by atomic mass is 16.3. The monoisotopic (exact) mass is 276 g/mol. The number of hydrogen-bond acceptors (Lipinski definition) is 2. The van der Waals surface area contributed by atoms with Gasteiger partial charge < -0.3 is 9.90 Å². The fourth-order valence-electron chi connectivity index (χ4n) is 1.61. The fourth-order valence-corrected chi connectivity index (χ4v) is 1.61. The Kier molecular flexibility index (Phi) is 14.5. The quantitative estimate of drug-likeness (QED) is 0.246. The standard InChI is InChI=1S/C18H28O2/c1-2-3-12-15-18(20)16-13-10-8-6-4-5-7-9-11-14-17-19/h3-5,8,10,12-13,16-18,20H,2,6-7,9,11,14-15H2,1H3/b5-4-,10-8-,12-3-,16-13+. The van der Waals surface area contributed by atoms with Crippen molar-refractivity contribution >= 4 is 6.29 Å². The molecule has 0 fully saturated rings. The van der Waals surface area contributed by atoms with Gasteiger partial charge in [0.15, 0.2) is 0 Å². The molecular weight excluding hydrogens is 248 g/mol. The van der Waals surface area contributed by atoms with Crippen molar-refractivity contribution in [3.63, 3.8) is 0 Å². The van der Waals surface area contributed by atoms with E-state index in [4.69, 9.17) is 0 Å². The molecule has 112 valence electrons. The minimum atomic E-state index is -0.393. The fraction of sp³-hybridized carbons (Fsp3) is 0.500. The van der Waals surface area contributed by atoms with E-state index in [2.05, 4.69) is 31.2 Å². The van der Waals surface area contributed by atoms with Gasteiger partial charge >= 0.3 is 0 Å². The second-order valence-corrected chi connectivity index (χ2v) is 4.65. The molecule has 1 atom stereocenters. The Bertz CT molecular complexity index is 324. The SMILES string of the molecule is CC/C=C\CC(O)/C=C/C=C\C/C=C\CCCCC=O. The van der Waals surface area contributed by atoms with Gasteiger partial charge in [-0.3, -0.25) is 0 Å². The molecule has 0 radical (unpaired) electrons. The van der Waals surface area contributed by atoms with Crippen molar-refractivity contribution in [3.05, 3.63) is 48.6 Å². The molecule has 0 aliphatic carbocycles. The zero-order valence-corrected chi connectivity index (χ0v) is 12.6. The molecule has 0 spiro atoms. The number of rotatable bonds is 12.